The van der Waals surface area contributed by atoms with Gasteiger partial charge in [-0.2, -0.15) is 0 Å². The van der Waals surface area contributed by atoms with E-state index < -0.39 is 5.97 Å². The van der Waals surface area contributed by atoms with Gasteiger partial charge >= 0.3 is 5.97 Å². The molecule has 0 bridgehead atoms. The van der Waals surface area contributed by atoms with Crippen molar-refractivity contribution >= 4 is 17.7 Å². The second-order valence-electron chi connectivity index (χ2n) is 4.53. The maximum atomic E-state index is 10.4. The molecule has 0 unspecified atom stereocenters. The molecule has 96 valence electrons. The van der Waals surface area contributed by atoms with Crippen LogP contribution >= 0.6 is 0 Å². The van der Waals surface area contributed by atoms with E-state index in [4.69, 9.17) is 5.11 Å². The molecule has 0 atom stereocenters. The zero-order valence-electron chi connectivity index (χ0n) is 11.1. The van der Waals surface area contributed by atoms with E-state index in [1.54, 1.807) is 6.08 Å². The van der Waals surface area contributed by atoms with Crippen LogP contribution in [0.3, 0.4) is 0 Å². The van der Waals surface area contributed by atoms with Gasteiger partial charge in [-0.15, -0.1) is 0 Å². The molecule has 0 saturated carbocycles. The number of carboxylic acids is 1. The molecule has 1 N–H and O–H groups in total. The van der Waals surface area contributed by atoms with Crippen molar-refractivity contribution in [2.75, 3.05) is 18.5 Å². The molecule has 0 fully saturated rings. The minimum absolute atomic E-state index is 0.811. The molecule has 0 aliphatic carbocycles. The Morgan fingerprint density at radius 3 is 2.67 bits per heavy atom. The number of likely N-dealkylation sites (N-methyl/N-ethyl adjacent to an activating group) is 1. The summed E-state index contributed by atoms with van der Waals surface area (Å²) in [5.74, 6) is -0.934. The third kappa shape index (κ3) is 4.09. The van der Waals surface area contributed by atoms with Crippen LogP contribution in [-0.2, 0) is 4.79 Å². The van der Waals surface area contributed by atoms with E-state index in [1.807, 2.05) is 39.1 Å². The van der Waals surface area contributed by atoms with Crippen molar-refractivity contribution in [3.05, 3.63) is 47.6 Å². The predicted molar refractivity (Wildman–Crippen MR) is 75.9 cm³/mol. The third-order valence-electron chi connectivity index (χ3n) is 2.56. The molecule has 0 radical (unpaired) electrons. The van der Waals surface area contributed by atoms with Crippen molar-refractivity contribution in [2.24, 2.45) is 0 Å². The summed E-state index contributed by atoms with van der Waals surface area (Å²) < 4.78 is 0. The molecule has 1 rings (SSSR count). The fraction of sp³-hybridized carbons (Fsp3) is 0.267. The van der Waals surface area contributed by atoms with E-state index in [0.717, 1.165) is 35.0 Å². The lowest BCUT2D eigenvalue weighted by molar-refractivity contribution is -0.131. The van der Waals surface area contributed by atoms with Crippen LogP contribution in [0.2, 0.25) is 0 Å². The Bertz CT molecular complexity index is 489. The van der Waals surface area contributed by atoms with E-state index in [2.05, 4.69) is 11.5 Å². The second-order valence-corrected chi connectivity index (χ2v) is 4.53. The zero-order valence-corrected chi connectivity index (χ0v) is 11.1. The van der Waals surface area contributed by atoms with E-state index in [1.165, 1.54) is 0 Å². The van der Waals surface area contributed by atoms with E-state index in [-0.39, 0.29) is 0 Å². The highest BCUT2D eigenvalue weighted by Gasteiger charge is 2.04. The first-order valence-electron chi connectivity index (χ1n) is 5.77. The van der Waals surface area contributed by atoms with Gasteiger partial charge in [0.25, 0.3) is 0 Å². The SMILES string of the molecule is C=C(C)CN(C)c1ccc(/C=C/C(=O)O)cc1C. The topological polar surface area (TPSA) is 40.5 Å². The van der Waals surface area contributed by atoms with E-state index in [9.17, 15) is 4.79 Å². The molecule has 3 heteroatoms. The van der Waals surface area contributed by atoms with Gasteiger partial charge in [-0.25, -0.2) is 4.79 Å². The van der Waals surface area contributed by atoms with Crippen molar-refractivity contribution in [3.63, 3.8) is 0 Å². The number of aliphatic carboxylic acids is 1. The Balaban J connectivity index is 2.92. The summed E-state index contributed by atoms with van der Waals surface area (Å²) in [5.41, 5.74) is 4.24. The number of nitrogens with zero attached hydrogens (tertiary/aromatic N) is 1. The summed E-state index contributed by atoms with van der Waals surface area (Å²) in [5, 5.41) is 8.58. The maximum absolute atomic E-state index is 10.4. The Kier molecular flexibility index (Phi) is 4.72. The van der Waals surface area contributed by atoms with Gasteiger partial charge < -0.3 is 10.0 Å². The Hall–Kier alpha value is -2.03. The number of hydrogen-bond donors (Lipinski definition) is 1. The largest absolute Gasteiger partial charge is 0.478 e. The molecule has 18 heavy (non-hydrogen) atoms. The number of benzene rings is 1. The van der Waals surface area contributed by atoms with Crippen molar-refractivity contribution in [1.82, 2.24) is 0 Å². The summed E-state index contributed by atoms with van der Waals surface area (Å²) in [6.45, 7) is 8.72. The molecule has 0 aliphatic rings. The summed E-state index contributed by atoms with van der Waals surface area (Å²) in [7, 11) is 2.02. The monoisotopic (exact) mass is 245 g/mol. The zero-order chi connectivity index (χ0) is 13.7. The Morgan fingerprint density at radius 2 is 2.17 bits per heavy atom. The summed E-state index contributed by atoms with van der Waals surface area (Å²) in [6.07, 6.45) is 2.74. The Labute approximate surface area is 108 Å². The number of hydrogen-bond acceptors (Lipinski definition) is 2. The first-order valence-corrected chi connectivity index (χ1v) is 5.77. The number of rotatable bonds is 5. The van der Waals surface area contributed by atoms with E-state index >= 15 is 0 Å². The molecule has 0 heterocycles. The quantitative estimate of drug-likeness (QED) is 0.640. The fourth-order valence-corrected chi connectivity index (χ4v) is 1.87. The average molecular weight is 245 g/mol. The molecule has 3 nitrogen and oxygen atoms in total. The standard InChI is InChI=1S/C15H19NO2/c1-11(2)10-16(4)14-7-5-13(9-12(14)3)6-8-15(17)18/h5-9H,1,10H2,2-4H3,(H,17,18)/b8-6+. The number of carbonyl (C=O) groups is 1. The molecular formula is C15H19NO2. The molecule has 0 saturated heterocycles. The van der Waals surface area contributed by atoms with Crippen LogP contribution in [0.25, 0.3) is 6.08 Å². The predicted octanol–water partition coefficient (Wildman–Crippen LogP) is 3.11. The smallest absolute Gasteiger partial charge is 0.328 e. The molecule has 0 spiro atoms. The molecule has 1 aromatic carbocycles. The van der Waals surface area contributed by atoms with Gasteiger partial charge in [-0.05, 0) is 43.2 Å². The van der Waals surface area contributed by atoms with Crippen LogP contribution in [0.4, 0.5) is 5.69 Å². The highest BCUT2D eigenvalue weighted by atomic mass is 16.4. The lowest BCUT2D eigenvalue weighted by Crippen LogP contribution is -2.19. The van der Waals surface area contributed by atoms with E-state index in [0.29, 0.717) is 0 Å². The minimum atomic E-state index is -0.934. The van der Waals surface area contributed by atoms with Crippen LogP contribution in [0.15, 0.2) is 36.4 Å². The van der Waals surface area contributed by atoms with Gasteiger partial charge in [0, 0.05) is 25.4 Å². The molecular weight excluding hydrogens is 226 g/mol. The lowest BCUT2D eigenvalue weighted by Gasteiger charge is -2.21. The van der Waals surface area contributed by atoms with Crippen LogP contribution in [0.1, 0.15) is 18.1 Å². The van der Waals surface area contributed by atoms with Crippen LogP contribution < -0.4 is 4.90 Å². The van der Waals surface area contributed by atoms with Gasteiger partial charge in [0.15, 0.2) is 0 Å². The first kappa shape index (κ1) is 14.0. The second kappa shape index (κ2) is 6.05. The van der Waals surface area contributed by atoms with Crippen molar-refractivity contribution in [2.45, 2.75) is 13.8 Å². The van der Waals surface area contributed by atoms with Crippen molar-refractivity contribution < 1.29 is 9.90 Å². The molecule has 1 aromatic rings. The maximum Gasteiger partial charge on any atom is 0.328 e. The van der Waals surface area contributed by atoms with Gasteiger partial charge in [0.05, 0.1) is 0 Å². The summed E-state index contributed by atoms with van der Waals surface area (Å²) >= 11 is 0. The highest BCUT2D eigenvalue weighted by molar-refractivity contribution is 5.85. The number of anilines is 1. The Morgan fingerprint density at radius 1 is 1.50 bits per heavy atom. The van der Waals surface area contributed by atoms with Crippen LogP contribution in [-0.4, -0.2) is 24.7 Å². The highest BCUT2D eigenvalue weighted by Crippen LogP contribution is 2.21. The lowest BCUT2D eigenvalue weighted by atomic mass is 10.1. The van der Waals surface area contributed by atoms with Crippen LogP contribution in [0, 0.1) is 6.92 Å². The first-order chi connectivity index (χ1) is 8.40. The third-order valence-corrected chi connectivity index (χ3v) is 2.56. The minimum Gasteiger partial charge on any atom is -0.478 e. The normalized spacial score (nSPS) is 10.6. The number of carboxylic acid groups (broad SMARTS) is 1. The van der Waals surface area contributed by atoms with Crippen molar-refractivity contribution in [3.8, 4) is 0 Å². The van der Waals surface area contributed by atoms with Gasteiger partial charge in [-0.3, -0.25) is 0 Å². The van der Waals surface area contributed by atoms with Crippen LogP contribution in [0.5, 0.6) is 0 Å². The van der Waals surface area contributed by atoms with Gasteiger partial charge in [-0.1, -0.05) is 18.2 Å². The fourth-order valence-electron chi connectivity index (χ4n) is 1.87. The number of aryl methyl sites for hydroxylation is 1. The van der Waals surface area contributed by atoms with Crippen molar-refractivity contribution in [1.29, 1.82) is 0 Å². The average Bonchev–Trinajstić information content (AvgIpc) is 2.25. The molecule has 0 amide bonds. The molecule has 0 aliphatic heterocycles. The van der Waals surface area contributed by atoms with Gasteiger partial charge in [0.1, 0.15) is 0 Å². The summed E-state index contributed by atoms with van der Waals surface area (Å²) in [4.78, 5) is 12.6. The molecule has 0 aromatic heterocycles. The summed E-state index contributed by atoms with van der Waals surface area (Å²) in [6, 6.07) is 5.89. The van der Waals surface area contributed by atoms with Gasteiger partial charge in [0.2, 0.25) is 0 Å².